The van der Waals surface area contributed by atoms with Gasteiger partial charge in [0.15, 0.2) is 0 Å². The second-order valence-corrected chi connectivity index (χ2v) is 9.40. The first-order valence-corrected chi connectivity index (χ1v) is 11.5. The van der Waals surface area contributed by atoms with E-state index < -0.39 is 15.9 Å². The second kappa shape index (κ2) is 8.46. The zero-order valence-corrected chi connectivity index (χ0v) is 18.1. The fraction of sp³-hybridized carbons (Fsp3) is 0.125. The maximum absolute atomic E-state index is 13.4. The van der Waals surface area contributed by atoms with Crippen LogP contribution in [0, 0.1) is 12.3 Å². The van der Waals surface area contributed by atoms with Crippen molar-refractivity contribution in [2.24, 2.45) is 0 Å². The summed E-state index contributed by atoms with van der Waals surface area (Å²) in [5.41, 5.74) is 2.83. The predicted octanol–water partition coefficient (Wildman–Crippen LogP) is 4.72. The Kier molecular flexibility index (Phi) is 5.73. The first kappa shape index (κ1) is 21.0. The fourth-order valence-corrected chi connectivity index (χ4v) is 5.37. The van der Waals surface area contributed by atoms with E-state index in [0.29, 0.717) is 23.5 Å². The zero-order valence-electron chi connectivity index (χ0n) is 16.5. The molecular formula is C24H19ClN2O3S. The third-order valence-electron chi connectivity index (χ3n) is 5.13. The van der Waals surface area contributed by atoms with E-state index in [1.54, 1.807) is 30.3 Å². The molecule has 4 rings (SSSR count). The molecule has 0 atom stereocenters. The standard InChI is InChI=1S/C24H19ClN2O3S/c1-2-17-7-5-10-19(15-17)26-24(28)21-16-20(12-13-22(21)25)31(29,30)27-14-6-9-18-8-3-4-11-23(18)27/h1,3-5,7-8,10-13,15-16H,6,9,14H2,(H,26,28). The summed E-state index contributed by atoms with van der Waals surface area (Å²) in [6, 6.07) is 18.4. The lowest BCUT2D eigenvalue weighted by molar-refractivity contribution is 0.102. The Labute approximate surface area is 186 Å². The van der Waals surface area contributed by atoms with Gasteiger partial charge in [-0.15, -0.1) is 6.42 Å². The van der Waals surface area contributed by atoms with Gasteiger partial charge in [0.2, 0.25) is 0 Å². The summed E-state index contributed by atoms with van der Waals surface area (Å²) in [6.45, 7) is 0.377. The Balaban J connectivity index is 1.68. The number of terminal acetylenes is 1. The average Bonchev–Trinajstić information content (AvgIpc) is 2.78. The van der Waals surface area contributed by atoms with Crippen molar-refractivity contribution in [2.75, 3.05) is 16.2 Å². The minimum Gasteiger partial charge on any atom is -0.322 e. The first-order valence-electron chi connectivity index (χ1n) is 9.68. The lowest BCUT2D eigenvalue weighted by Crippen LogP contribution is -2.35. The summed E-state index contributed by atoms with van der Waals surface area (Å²) in [5, 5.41) is 2.88. The molecule has 3 aromatic rings. The molecular weight excluding hydrogens is 432 g/mol. The minimum absolute atomic E-state index is 0.0103. The van der Waals surface area contributed by atoms with Crippen LogP contribution in [0.4, 0.5) is 11.4 Å². The minimum atomic E-state index is -3.86. The van der Waals surface area contributed by atoms with Gasteiger partial charge in [0.1, 0.15) is 0 Å². The third-order valence-corrected chi connectivity index (χ3v) is 7.26. The molecule has 0 bridgehead atoms. The van der Waals surface area contributed by atoms with Crippen LogP contribution in [0.15, 0.2) is 71.6 Å². The Bertz CT molecular complexity index is 1310. The molecule has 156 valence electrons. The van der Waals surface area contributed by atoms with E-state index in [0.717, 1.165) is 18.4 Å². The van der Waals surface area contributed by atoms with Gasteiger partial charge >= 0.3 is 0 Å². The molecule has 1 heterocycles. The molecule has 1 amide bonds. The highest BCUT2D eigenvalue weighted by atomic mass is 35.5. The van der Waals surface area contributed by atoms with Gasteiger partial charge in [-0.3, -0.25) is 9.10 Å². The summed E-state index contributed by atoms with van der Waals surface area (Å²) in [7, 11) is -3.86. The lowest BCUT2D eigenvalue weighted by atomic mass is 10.0. The Hall–Kier alpha value is -3.27. The number of rotatable bonds is 4. The third kappa shape index (κ3) is 4.15. The molecule has 1 aliphatic rings. The number of hydrogen-bond acceptors (Lipinski definition) is 3. The number of amides is 1. The molecule has 0 unspecified atom stereocenters. The maximum Gasteiger partial charge on any atom is 0.264 e. The van der Waals surface area contributed by atoms with Crippen LogP contribution in [0.5, 0.6) is 0 Å². The Morgan fingerprint density at radius 2 is 1.87 bits per heavy atom. The smallest absolute Gasteiger partial charge is 0.264 e. The second-order valence-electron chi connectivity index (χ2n) is 7.13. The molecule has 31 heavy (non-hydrogen) atoms. The van der Waals surface area contributed by atoms with Crippen molar-refractivity contribution < 1.29 is 13.2 Å². The van der Waals surface area contributed by atoms with Crippen LogP contribution < -0.4 is 9.62 Å². The van der Waals surface area contributed by atoms with Crippen molar-refractivity contribution >= 4 is 38.9 Å². The molecule has 0 aromatic heterocycles. The molecule has 0 spiro atoms. The number of para-hydroxylation sites is 1. The number of sulfonamides is 1. The molecule has 5 nitrogen and oxygen atoms in total. The van der Waals surface area contributed by atoms with Crippen LogP contribution in [0.3, 0.4) is 0 Å². The van der Waals surface area contributed by atoms with E-state index in [9.17, 15) is 13.2 Å². The number of carbonyl (C=O) groups is 1. The Morgan fingerprint density at radius 1 is 1.06 bits per heavy atom. The number of fused-ring (bicyclic) bond motifs is 1. The van der Waals surface area contributed by atoms with Crippen molar-refractivity contribution in [1.82, 2.24) is 0 Å². The van der Waals surface area contributed by atoms with Crippen molar-refractivity contribution in [2.45, 2.75) is 17.7 Å². The number of halogens is 1. The van der Waals surface area contributed by atoms with Gasteiger partial charge in [-0.05, 0) is 60.9 Å². The summed E-state index contributed by atoms with van der Waals surface area (Å²) < 4.78 is 28.2. The van der Waals surface area contributed by atoms with E-state index in [4.69, 9.17) is 18.0 Å². The number of aryl methyl sites for hydroxylation is 1. The SMILES string of the molecule is C#Cc1cccc(NC(=O)c2cc(S(=O)(=O)N3CCCc4ccccc43)ccc2Cl)c1. The van der Waals surface area contributed by atoms with Crippen molar-refractivity contribution in [3.63, 3.8) is 0 Å². The molecule has 0 saturated carbocycles. The van der Waals surface area contributed by atoms with E-state index >= 15 is 0 Å². The normalized spacial score (nSPS) is 13.2. The van der Waals surface area contributed by atoms with Gasteiger partial charge in [-0.2, -0.15) is 0 Å². The van der Waals surface area contributed by atoms with Crippen LogP contribution in [-0.2, 0) is 16.4 Å². The number of nitrogens with one attached hydrogen (secondary N) is 1. The van der Waals surface area contributed by atoms with Gasteiger partial charge in [0.05, 0.1) is 21.2 Å². The molecule has 0 aliphatic carbocycles. The lowest BCUT2D eigenvalue weighted by Gasteiger charge is -2.30. The van der Waals surface area contributed by atoms with Gasteiger partial charge in [-0.1, -0.05) is 41.8 Å². The van der Waals surface area contributed by atoms with E-state index in [1.165, 1.54) is 22.5 Å². The van der Waals surface area contributed by atoms with E-state index in [-0.39, 0.29) is 15.5 Å². The van der Waals surface area contributed by atoms with Crippen LogP contribution in [0.2, 0.25) is 5.02 Å². The van der Waals surface area contributed by atoms with Gasteiger partial charge in [0.25, 0.3) is 15.9 Å². The highest BCUT2D eigenvalue weighted by molar-refractivity contribution is 7.92. The molecule has 7 heteroatoms. The highest BCUT2D eigenvalue weighted by Crippen LogP contribution is 2.33. The zero-order chi connectivity index (χ0) is 22.0. The van der Waals surface area contributed by atoms with Crippen LogP contribution in [0.1, 0.15) is 27.9 Å². The van der Waals surface area contributed by atoms with Gasteiger partial charge < -0.3 is 5.32 Å². The molecule has 0 saturated heterocycles. The number of hydrogen-bond donors (Lipinski definition) is 1. The van der Waals surface area contributed by atoms with Crippen molar-refractivity contribution in [3.8, 4) is 12.3 Å². The Morgan fingerprint density at radius 3 is 2.68 bits per heavy atom. The quantitative estimate of drug-likeness (QED) is 0.585. The van der Waals surface area contributed by atoms with Crippen LogP contribution in [-0.4, -0.2) is 20.9 Å². The summed E-state index contributed by atoms with van der Waals surface area (Å²) >= 11 is 6.23. The fourth-order valence-electron chi connectivity index (χ4n) is 3.60. The predicted molar refractivity (Wildman–Crippen MR) is 123 cm³/mol. The number of benzene rings is 3. The van der Waals surface area contributed by atoms with Crippen molar-refractivity contribution in [1.29, 1.82) is 0 Å². The summed E-state index contributed by atoms with van der Waals surface area (Å²) in [4.78, 5) is 12.8. The summed E-state index contributed by atoms with van der Waals surface area (Å²) in [6.07, 6.45) is 6.95. The highest BCUT2D eigenvalue weighted by Gasteiger charge is 2.30. The molecule has 1 aliphatic heterocycles. The number of nitrogens with zero attached hydrogens (tertiary/aromatic N) is 1. The van der Waals surface area contributed by atoms with Gasteiger partial charge in [-0.25, -0.2) is 8.42 Å². The molecule has 3 aromatic carbocycles. The number of anilines is 2. The topological polar surface area (TPSA) is 66.5 Å². The van der Waals surface area contributed by atoms with Crippen LogP contribution >= 0.6 is 11.6 Å². The van der Waals surface area contributed by atoms with E-state index in [2.05, 4.69) is 11.2 Å². The van der Waals surface area contributed by atoms with E-state index in [1.807, 2.05) is 18.2 Å². The maximum atomic E-state index is 13.4. The monoisotopic (exact) mass is 450 g/mol. The van der Waals surface area contributed by atoms with Gasteiger partial charge in [0, 0.05) is 17.8 Å². The molecule has 0 radical (unpaired) electrons. The molecule has 1 N–H and O–H groups in total. The number of carbonyl (C=O) groups excluding carboxylic acids is 1. The average molecular weight is 451 g/mol. The van der Waals surface area contributed by atoms with Crippen molar-refractivity contribution in [3.05, 3.63) is 88.4 Å². The largest absolute Gasteiger partial charge is 0.322 e. The first-order chi connectivity index (χ1) is 14.9. The van der Waals surface area contributed by atoms with Crippen LogP contribution in [0.25, 0.3) is 0 Å². The molecule has 0 fully saturated rings. The summed E-state index contributed by atoms with van der Waals surface area (Å²) in [5.74, 6) is 1.98.